The van der Waals surface area contributed by atoms with Crippen molar-refractivity contribution in [2.45, 2.75) is 39.0 Å². The first-order chi connectivity index (χ1) is 8.70. The highest BCUT2D eigenvalue weighted by Crippen LogP contribution is 2.45. The van der Waals surface area contributed by atoms with Crippen molar-refractivity contribution in [3.05, 3.63) is 35.1 Å². The molecule has 0 radical (unpaired) electrons. The van der Waals surface area contributed by atoms with E-state index in [-0.39, 0.29) is 5.82 Å². The van der Waals surface area contributed by atoms with E-state index in [1.54, 1.807) is 12.1 Å². The van der Waals surface area contributed by atoms with Gasteiger partial charge in [-0.05, 0) is 55.4 Å². The van der Waals surface area contributed by atoms with E-state index in [1.165, 1.54) is 31.2 Å². The molecular weight excluding hydrogens is 225 g/mol. The lowest BCUT2D eigenvalue weighted by molar-refractivity contribution is 0.0810. The third-order valence-corrected chi connectivity index (χ3v) is 5.02. The van der Waals surface area contributed by atoms with E-state index in [9.17, 15) is 4.39 Å². The Morgan fingerprint density at radius 1 is 1.28 bits per heavy atom. The van der Waals surface area contributed by atoms with Gasteiger partial charge in [-0.1, -0.05) is 18.9 Å². The van der Waals surface area contributed by atoms with Gasteiger partial charge >= 0.3 is 0 Å². The normalized spacial score (nSPS) is 23.0. The maximum absolute atomic E-state index is 13.2. The summed E-state index contributed by atoms with van der Waals surface area (Å²) in [6.45, 7) is 4.33. The molecule has 1 aliphatic carbocycles. The molecule has 1 N–H and O–H groups in total. The Morgan fingerprint density at radius 2 is 2.00 bits per heavy atom. The fourth-order valence-electron chi connectivity index (χ4n) is 3.78. The van der Waals surface area contributed by atoms with E-state index in [0.29, 0.717) is 5.41 Å². The summed E-state index contributed by atoms with van der Waals surface area (Å²) in [6.07, 6.45) is 6.70. The van der Waals surface area contributed by atoms with Gasteiger partial charge in [0.1, 0.15) is 5.82 Å². The molecule has 1 heterocycles. The number of rotatable bonds is 3. The van der Waals surface area contributed by atoms with Crippen LogP contribution in [-0.4, -0.2) is 13.1 Å². The average molecular weight is 247 g/mol. The molecule has 1 saturated carbocycles. The van der Waals surface area contributed by atoms with E-state index in [4.69, 9.17) is 0 Å². The first kappa shape index (κ1) is 12.2. The number of halogens is 1. The summed E-state index contributed by atoms with van der Waals surface area (Å²) in [6, 6.07) is 5.26. The highest BCUT2D eigenvalue weighted by molar-refractivity contribution is 5.28. The minimum absolute atomic E-state index is 0.113. The number of hydrogen-bond donors (Lipinski definition) is 1. The van der Waals surface area contributed by atoms with Crippen molar-refractivity contribution >= 4 is 0 Å². The Morgan fingerprint density at radius 3 is 2.56 bits per heavy atom. The van der Waals surface area contributed by atoms with Crippen molar-refractivity contribution < 1.29 is 4.39 Å². The molecule has 0 bridgehead atoms. The number of hydrogen-bond acceptors (Lipinski definition) is 1. The van der Waals surface area contributed by atoms with Gasteiger partial charge < -0.3 is 5.32 Å². The third kappa shape index (κ3) is 2.07. The number of nitrogens with one attached hydrogen (secondary N) is 1. The lowest BCUT2D eigenvalue weighted by Crippen LogP contribution is -2.58. The van der Waals surface area contributed by atoms with E-state index in [2.05, 4.69) is 5.32 Å². The standard InChI is InChI=1S/C16H22FN/c1-12-8-15(17)7-6-13(12)9-16(10-18-11-16)14-4-2-3-5-14/h6-8,14,18H,2-5,9-11H2,1H3. The van der Waals surface area contributed by atoms with Crippen molar-refractivity contribution in [2.75, 3.05) is 13.1 Å². The lowest BCUT2D eigenvalue weighted by atomic mass is 9.66. The number of benzene rings is 1. The smallest absolute Gasteiger partial charge is 0.123 e. The quantitative estimate of drug-likeness (QED) is 0.862. The van der Waals surface area contributed by atoms with Gasteiger partial charge in [0.15, 0.2) is 0 Å². The van der Waals surface area contributed by atoms with Gasteiger partial charge in [-0.15, -0.1) is 0 Å². The van der Waals surface area contributed by atoms with Crippen LogP contribution in [0.15, 0.2) is 18.2 Å². The van der Waals surface area contributed by atoms with Gasteiger partial charge in [-0.3, -0.25) is 0 Å². The third-order valence-electron chi connectivity index (χ3n) is 5.02. The monoisotopic (exact) mass is 247 g/mol. The largest absolute Gasteiger partial charge is 0.315 e. The lowest BCUT2D eigenvalue weighted by Gasteiger charge is -2.48. The van der Waals surface area contributed by atoms with Gasteiger partial charge in [0.05, 0.1) is 0 Å². The summed E-state index contributed by atoms with van der Waals surface area (Å²) in [5, 5.41) is 3.46. The van der Waals surface area contributed by atoms with Gasteiger partial charge in [-0.2, -0.15) is 0 Å². The molecule has 1 nitrogen and oxygen atoms in total. The van der Waals surface area contributed by atoms with Crippen LogP contribution >= 0.6 is 0 Å². The Labute approximate surface area is 109 Å². The summed E-state index contributed by atoms with van der Waals surface area (Å²) in [7, 11) is 0. The van der Waals surface area contributed by atoms with E-state index in [0.717, 1.165) is 31.0 Å². The van der Waals surface area contributed by atoms with Crippen LogP contribution in [-0.2, 0) is 6.42 Å². The van der Waals surface area contributed by atoms with Crippen LogP contribution in [0.4, 0.5) is 4.39 Å². The summed E-state index contributed by atoms with van der Waals surface area (Å²) in [5.74, 6) is 0.765. The molecule has 0 amide bonds. The van der Waals surface area contributed by atoms with E-state index >= 15 is 0 Å². The Hall–Kier alpha value is -0.890. The molecule has 0 aromatic heterocycles. The first-order valence-corrected chi connectivity index (χ1v) is 7.15. The molecule has 0 spiro atoms. The minimum Gasteiger partial charge on any atom is -0.315 e. The van der Waals surface area contributed by atoms with E-state index in [1.807, 2.05) is 13.0 Å². The summed E-state index contributed by atoms with van der Waals surface area (Å²) in [4.78, 5) is 0. The van der Waals surface area contributed by atoms with Crippen molar-refractivity contribution in [3.63, 3.8) is 0 Å². The molecule has 1 saturated heterocycles. The zero-order valence-electron chi connectivity index (χ0n) is 11.1. The van der Waals surface area contributed by atoms with Crippen LogP contribution in [0.3, 0.4) is 0 Å². The van der Waals surface area contributed by atoms with Crippen molar-refractivity contribution in [3.8, 4) is 0 Å². The van der Waals surface area contributed by atoms with Crippen molar-refractivity contribution in [1.29, 1.82) is 0 Å². The Bertz CT molecular complexity index is 431. The fourth-order valence-corrected chi connectivity index (χ4v) is 3.78. The van der Waals surface area contributed by atoms with Crippen LogP contribution in [0, 0.1) is 24.1 Å². The molecule has 3 rings (SSSR count). The summed E-state index contributed by atoms with van der Waals surface area (Å²) >= 11 is 0. The first-order valence-electron chi connectivity index (χ1n) is 7.15. The highest BCUT2D eigenvalue weighted by Gasteiger charge is 2.44. The van der Waals surface area contributed by atoms with Gasteiger partial charge in [0, 0.05) is 18.5 Å². The average Bonchev–Trinajstić information content (AvgIpc) is 2.79. The minimum atomic E-state index is -0.113. The molecule has 2 fully saturated rings. The second kappa shape index (κ2) is 4.65. The fraction of sp³-hybridized carbons (Fsp3) is 0.625. The molecule has 2 heteroatoms. The zero-order valence-corrected chi connectivity index (χ0v) is 11.1. The molecule has 1 aromatic rings. The molecule has 2 aliphatic rings. The Kier molecular flexibility index (Phi) is 3.14. The van der Waals surface area contributed by atoms with Crippen molar-refractivity contribution in [1.82, 2.24) is 5.32 Å². The van der Waals surface area contributed by atoms with Crippen LogP contribution in [0.2, 0.25) is 0 Å². The summed E-state index contributed by atoms with van der Waals surface area (Å²) in [5.41, 5.74) is 2.91. The molecule has 1 aromatic carbocycles. The maximum atomic E-state index is 13.2. The van der Waals surface area contributed by atoms with Crippen LogP contribution in [0.1, 0.15) is 36.8 Å². The van der Waals surface area contributed by atoms with Crippen molar-refractivity contribution in [2.24, 2.45) is 11.3 Å². The second-order valence-electron chi connectivity index (χ2n) is 6.19. The predicted molar refractivity (Wildman–Crippen MR) is 72.1 cm³/mol. The molecule has 0 atom stereocenters. The van der Waals surface area contributed by atoms with Crippen LogP contribution < -0.4 is 5.32 Å². The van der Waals surface area contributed by atoms with Crippen LogP contribution in [0.25, 0.3) is 0 Å². The second-order valence-corrected chi connectivity index (χ2v) is 6.19. The van der Waals surface area contributed by atoms with Crippen LogP contribution in [0.5, 0.6) is 0 Å². The van der Waals surface area contributed by atoms with E-state index < -0.39 is 0 Å². The molecule has 1 aliphatic heterocycles. The van der Waals surface area contributed by atoms with Gasteiger partial charge in [-0.25, -0.2) is 4.39 Å². The molecule has 0 unspecified atom stereocenters. The predicted octanol–water partition coefficient (Wildman–Crippen LogP) is 3.46. The number of aryl methyl sites for hydroxylation is 1. The molecule has 18 heavy (non-hydrogen) atoms. The highest BCUT2D eigenvalue weighted by atomic mass is 19.1. The zero-order chi connectivity index (χ0) is 12.6. The SMILES string of the molecule is Cc1cc(F)ccc1CC1(C2CCCC2)CNC1. The van der Waals surface area contributed by atoms with Gasteiger partial charge in [0.2, 0.25) is 0 Å². The summed E-state index contributed by atoms with van der Waals surface area (Å²) < 4.78 is 13.2. The Balaban J connectivity index is 1.80. The van der Waals surface area contributed by atoms with Gasteiger partial charge in [0.25, 0.3) is 0 Å². The maximum Gasteiger partial charge on any atom is 0.123 e. The molecular formula is C16H22FN. The molecule has 98 valence electrons. The topological polar surface area (TPSA) is 12.0 Å².